The fourth-order valence-electron chi connectivity index (χ4n) is 2.99. The zero-order valence-corrected chi connectivity index (χ0v) is 21.6. The number of hydrogen-bond donors (Lipinski definition) is 3. The molecule has 0 aliphatic rings. The lowest BCUT2D eigenvalue weighted by molar-refractivity contribution is 0.0951. The van der Waals surface area contributed by atoms with Crippen LogP contribution >= 0.6 is 24.0 Å². The van der Waals surface area contributed by atoms with E-state index in [-0.39, 0.29) is 29.9 Å². The van der Waals surface area contributed by atoms with E-state index in [1.165, 1.54) is 11.1 Å². The number of benzene rings is 2. The maximum absolute atomic E-state index is 12.3. The summed E-state index contributed by atoms with van der Waals surface area (Å²) in [6.45, 7) is 7.12. The third-order valence-corrected chi connectivity index (χ3v) is 4.94. The van der Waals surface area contributed by atoms with Gasteiger partial charge < -0.3 is 20.9 Å². The Morgan fingerprint density at radius 1 is 1.06 bits per heavy atom. The first kappa shape index (κ1) is 26.9. The van der Waals surface area contributed by atoms with Crippen molar-refractivity contribution < 1.29 is 4.79 Å². The SMILES string of the molecule is CN=C(NCc1cccc(C(=O)NCCN(C)C)c1)NCC(C)c1ccc(C)cc1.I. The number of carbonyl (C=O) groups excluding carboxylic acids is 1. The largest absolute Gasteiger partial charge is 0.356 e. The first-order valence-corrected chi connectivity index (χ1v) is 10.4. The molecule has 6 nitrogen and oxygen atoms in total. The summed E-state index contributed by atoms with van der Waals surface area (Å²) in [4.78, 5) is 18.7. The van der Waals surface area contributed by atoms with E-state index in [2.05, 4.69) is 59.1 Å². The lowest BCUT2D eigenvalue weighted by atomic mass is 10.0. The molecule has 2 aromatic rings. The second-order valence-corrected chi connectivity index (χ2v) is 7.88. The van der Waals surface area contributed by atoms with Gasteiger partial charge in [-0.05, 0) is 50.2 Å². The molecule has 0 aliphatic heterocycles. The number of rotatable bonds is 9. The van der Waals surface area contributed by atoms with Crippen LogP contribution in [0.2, 0.25) is 0 Å². The van der Waals surface area contributed by atoms with Crippen LogP contribution in [0.25, 0.3) is 0 Å². The second kappa shape index (κ2) is 14.0. The standard InChI is InChI=1S/C24H35N5O.HI/c1-18-9-11-21(12-10-18)19(2)16-27-24(25-3)28-17-20-7-6-8-22(15-20)23(30)26-13-14-29(4)5;/h6-12,15,19H,13-14,16-17H2,1-5H3,(H,26,30)(H2,25,27,28);1H. The molecule has 0 aromatic heterocycles. The lowest BCUT2D eigenvalue weighted by Crippen LogP contribution is -2.38. The average Bonchev–Trinajstić information content (AvgIpc) is 2.74. The molecule has 0 saturated heterocycles. The van der Waals surface area contributed by atoms with Crippen molar-refractivity contribution in [1.82, 2.24) is 20.9 Å². The number of likely N-dealkylation sites (N-methyl/N-ethyl adjacent to an activating group) is 1. The number of amides is 1. The fraction of sp³-hybridized carbons (Fsp3) is 0.417. The molecule has 3 N–H and O–H groups in total. The van der Waals surface area contributed by atoms with Crippen LogP contribution in [-0.2, 0) is 6.54 Å². The minimum absolute atomic E-state index is 0. The molecule has 170 valence electrons. The van der Waals surface area contributed by atoms with Crippen molar-refractivity contribution in [2.45, 2.75) is 26.3 Å². The van der Waals surface area contributed by atoms with Gasteiger partial charge in [0.25, 0.3) is 5.91 Å². The normalized spacial score (nSPS) is 12.1. The molecule has 0 saturated carbocycles. The van der Waals surface area contributed by atoms with Gasteiger partial charge in [0.2, 0.25) is 0 Å². The average molecular weight is 537 g/mol. The summed E-state index contributed by atoms with van der Waals surface area (Å²) in [6.07, 6.45) is 0. The number of nitrogens with zero attached hydrogens (tertiary/aromatic N) is 2. The molecule has 0 fully saturated rings. The molecule has 0 radical (unpaired) electrons. The molecule has 0 spiro atoms. The highest BCUT2D eigenvalue weighted by Gasteiger charge is 2.08. The van der Waals surface area contributed by atoms with Gasteiger partial charge in [-0.2, -0.15) is 0 Å². The van der Waals surface area contributed by atoms with E-state index in [9.17, 15) is 4.79 Å². The summed E-state index contributed by atoms with van der Waals surface area (Å²) < 4.78 is 0. The minimum atomic E-state index is -0.0480. The highest BCUT2D eigenvalue weighted by atomic mass is 127. The lowest BCUT2D eigenvalue weighted by Gasteiger charge is -2.17. The first-order chi connectivity index (χ1) is 14.4. The van der Waals surface area contributed by atoms with Crippen molar-refractivity contribution in [3.8, 4) is 0 Å². The Bertz CT molecular complexity index is 836. The third-order valence-electron chi connectivity index (χ3n) is 4.94. The number of nitrogens with one attached hydrogen (secondary N) is 3. The van der Waals surface area contributed by atoms with Crippen LogP contribution in [0, 0.1) is 6.92 Å². The molecule has 0 aliphatic carbocycles. The van der Waals surface area contributed by atoms with Gasteiger partial charge in [-0.25, -0.2) is 0 Å². The molecular weight excluding hydrogens is 501 g/mol. The quantitative estimate of drug-likeness (QED) is 0.261. The summed E-state index contributed by atoms with van der Waals surface area (Å²) in [7, 11) is 5.74. The van der Waals surface area contributed by atoms with Gasteiger partial charge in [0.1, 0.15) is 0 Å². The van der Waals surface area contributed by atoms with Crippen molar-refractivity contribution in [3.63, 3.8) is 0 Å². The number of halogens is 1. The van der Waals surface area contributed by atoms with Gasteiger partial charge in [-0.15, -0.1) is 24.0 Å². The van der Waals surface area contributed by atoms with Crippen LogP contribution in [0.5, 0.6) is 0 Å². The molecule has 7 heteroatoms. The van der Waals surface area contributed by atoms with Crippen LogP contribution in [0.3, 0.4) is 0 Å². The van der Waals surface area contributed by atoms with Crippen molar-refractivity contribution in [2.75, 3.05) is 40.8 Å². The van der Waals surface area contributed by atoms with Crippen molar-refractivity contribution in [2.24, 2.45) is 4.99 Å². The van der Waals surface area contributed by atoms with E-state index in [1.807, 2.05) is 43.3 Å². The highest BCUT2D eigenvalue weighted by molar-refractivity contribution is 14.0. The topological polar surface area (TPSA) is 68.8 Å². The number of guanidine groups is 1. The molecule has 1 amide bonds. The molecule has 1 atom stereocenters. The Balaban J connectivity index is 0.00000480. The van der Waals surface area contributed by atoms with E-state index in [1.54, 1.807) is 7.05 Å². The number of aryl methyl sites for hydroxylation is 1. The summed E-state index contributed by atoms with van der Waals surface area (Å²) >= 11 is 0. The smallest absolute Gasteiger partial charge is 0.251 e. The third kappa shape index (κ3) is 9.69. The summed E-state index contributed by atoms with van der Waals surface area (Å²) in [6, 6.07) is 16.3. The first-order valence-electron chi connectivity index (χ1n) is 10.4. The van der Waals surface area contributed by atoms with Crippen molar-refractivity contribution in [3.05, 3.63) is 70.8 Å². The Kier molecular flexibility index (Phi) is 12.2. The van der Waals surface area contributed by atoms with E-state index in [4.69, 9.17) is 0 Å². The predicted molar refractivity (Wildman–Crippen MR) is 141 cm³/mol. The van der Waals surface area contributed by atoms with Gasteiger partial charge in [0, 0.05) is 38.8 Å². The fourth-order valence-corrected chi connectivity index (χ4v) is 2.99. The number of carbonyl (C=O) groups is 1. The highest BCUT2D eigenvalue weighted by Crippen LogP contribution is 2.14. The van der Waals surface area contributed by atoms with E-state index < -0.39 is 0 Å². The number of aliphatic imine (C=N–C) groups is 1. The molecule has 0 heterocycles. The van der Waals surface area contributed by atoms with Gasteiger partial charge >= 0.3 is 0 Å². The zero-order chi connectivity index (χ0) is 21.9. The molecule has 2 rings (SSSR count). The van der Waals surface area contributed by atoms with E-state index in [0.717, 1.165) is 24.6 Å². The second-order valence-electron chi connectivity index (χ2n) is 7.88. The molecule has 2 aromatic carbocycles. The molecule has 1 unspecified atom stereocenters. The van der Waals surface area contributed by atoms with Crippen LogP contribution < -0.4 is 16.0 Å². The van der Waals surface area contributed by atoms with Crippen LogP contribution in [0.1, 0.15) is 39.9 Å². The number of hydrogen-bond acceptors (Lipinski definition) is 3. The van der Waals surface area contributed by atoms with Gasteiger partial charge in [0.05, 0.1) is 0 Å². The molecular formula is C24H36IN5O. The van der Waals surface area contributed by atoms with Gasteiger partial charge in [0.15, 0.2) is 5.96 Å². The monoisotopic (exact) mass is 537 g/mol. The minimum Gasteiger partial charge on any atom is -0.356 e. The molecule has 0 bridgehead atoms. The molecule has 31 heavy (non-hydrogen) atoms. The summed E-state index contributed by atoms with van der Waals surface area (Å²) in [5, 5.41) is 9.66. The summed E-state index contributed by atoms with van der Waals surface area (Å²) in [5.74, 6) is 1.07. The van der Waals surface area contributed by atoms with Gasteiger partial charge in [-0.1, -0.05) is 48.9 Å². The summed E-state index contributed by atoms with van der Waals surface area (Å²) in [5.41, 5.74) is 4.27. The van der Waals surface area contributed by atoms with E-state index >= 15 is 0 Å². The van der Waals surface area contributed by atoms with Gasteiger partial charge in [-0.3, -0.25) is 9.79 Å². The van der Waals surface area contributed by atoms with Crippen molar-refractivity contribution in [1.29, 1.82) is 0 Å². The Morgan fingerprint density at radius 3 is 2.42 bits per heavy atom. The van der Waals surface area contributed by atoms with E-state index in [0.29, 0.717) is 24.6 Å². The van der Waals surface area contributed by atoms with Crippen molar-refractivity contribution >= 4 is 35.8 Å². The Labute approximate surface area is 203 Å². The van der Waals surface area contributed by atoms with Crippen LogP contribution in [0.4, 0.5) is 0 Å². The Morgan fingerprint density at radius 2 is 1.77 bits per heavy atom. The zero-order valence-electron chi connectivity index (χ0n) is 19.2. The predicted octanol–water partition coefficient (Wildman–Crippen LogP) is 3.37. The maximum atomic E-state index is 12.3. The van der Waals surface area contributed by atoms with Crippen LogP contribution in [0.15, 0.2) is 53.5 Å². The Hall–Kier alpha value is -2.13. The maximum Gasteiger partial charge on any atom is 0.251 e. The van der Waals surface area contributed by atoms with Crippen LogP contribution in [-0.4, -0.2) is 57.5 Å².